The van der Waals surface area contributed by atoms with Gasteiger partial charge in [-0.3, -0.25) is 0 Å². The number of hydrogen-bond acceptors (Lipinski definition) is 1. The van der Waals surface area contributed by atoms with Crippen molar-refractivity contribution in [3.63, 3.8) is 0 Å². The van der Waals surface area contributed by atoms with Gasteiger partial charge in [0.05, 0.1) is 6.10 Å². The summed E-state index contributed by atoms with van der Waals surface area (Å²) in [7, 11) is 0. The van der Waals surface area contributed by atoms with Gasteiger partial charge in [-0.2, -0.15) is 0 Å². The normalized spacial score (nSPS) is 19.6. The quantitative estimate of drug-likeness (QED) is 0.766. The lowest BCUT2D eigenvalue weighted by Gasteiger charge is -2.31. The van der Waals surface area contributed by atoms with Gasteiger partial charge >= 0.3 is 0 Å². The Morgan fingerprint density at radius 2 is 1.81 bits per heavy atom. The van der Waals surface area contributed by atoms with E-state index in [-0.39, 0.29) is 11.5 Å². The summed E-state index contributed by atoms with van der Waals surface area (Å²) in [6, 6.07) is 10.4. The zero-order chi connectivity index (χ0) is 11.4. The second-order valence-electron chi connectivity index (χ2n) is 4.50. The molecule has 1 nitrogen and oxygen atoms in total. The molecule has 2 rings (SSSR count). The fraction of sp³-hybridized carbons (Fsp3) is 0.333. The van der Waals surface area contributed by atoms with E-state index in [0.717, 1.165) is 12.8 Å². The topological polar surface area (TPSA) is 20.2 Å². The van der Waals surface area contributed by atoms with Crippen molar-refractivity contribution >= 4 is 0 Å². The van der Waals surface area contributed by atoms with Crippen molar-refractivity contribution in [2.45, 2.75) is 31.3 Å². The molecule has 1 heteroatoms. The van der Waals surface area contributed by atoms with Gasteiger partial charge in [-0.15, -0.1) is 0 Å². The van der Waals surface area contributed by atoms with E-state index in [1.807, 2.05) is 13.0 Å². The van der Waals surface area contributed by atoms with E-state index in [2.05, 4.69) is 48.6 Å². The van der Waals surface area contributed by atoms with Gasteiger partial charge < -0.3 is 5.11 Å². The van der Waals surface area contributed by atoms with Gasteiger partial charge in [0.2, 0.25) is 0 Å². The van der Waals surface area contributed by atoms with Crippen molar-refractivity contribution in [1.82, 2.24) is 0 Å². The Labute approximate surface area is 97.1 Å². The summed E-state index contributed by atoms with van der Waals surface area (Å²) >= 11 is 0. The predicted molar refractivity (Wildman–Crippen MR) is 67.3 cm³/mol. The number of aliphatic hydroxyl groups excluding tert-OH is 1. The standard InChI is InChI=1S/C15H18O/c1-13(16)12-15(10-6-3-7-11-15)14-8-4-2-5-9-14/h2,4-11,13,16H,3,12H2,1H3. The minimum absolute atomic E-state index is 0.117. The maximum atomic E-state index is 9.66. The van der Waals surface area contributed by atoms with Crippen LogP contribution in [0, 0.1) is 0 Å². The van der Waals surface area contributed by atoms with Gasteiger partial charge in [0.1, 0.15) is 0 Å². The molecule has 1 aliphatic rings. The average molecular weight is 214 g/mol. The fourth-order valence-corrected chi connectivity index (χ4v) is 2.37. The molecule has 1 aliphatic carbocycles. The molecule has 0 saturated carbocycles. The van der Waals surface area contributed by atoms with E-state index in [9.17, 15) is 5.11 Å². The lowest BCUT2D eigenvalue weighted by atomic mass is 9.74. The fourth-order valence-electron chi connectivity index (χ4n) is 2.37. The van der Waals surface area contributed by atoms with Crippen molar-refractivity contribution in [3.05, 3.63) is 60.2 Å². The molecule has 0 spiro atoms. The van der Waals surface area contributed by atoms with Crippen molar-refractivity contribution in [3.8, 4) is 0 Å². The molecule has 0 aliphatic heterocycles. The van der Waals surface area contributed by atoms with Crippen molar-refractivity contribution in [1.29, 1.82) is 0 Å². The lowest BCUT2D eigenvalue weighted by Crippen LogP contribution is -2.26. The zero-order valence-electron chi connectivity index (χ0n) is 9.63. The molecule has 1 atom stereocenters. The van der Waals surface area contributed by atoms with Gasteiger partial charge in [0, 0.05) is 5.41 Å². The first kappa shape index (κ1) is 11.2. The first-order chi connectivity index (χ1) is 7.73. The average Bonchev–Trinajstić information content (AvgIpc) is 2.30. The highest BCUT2D eigenvalue weighted by Gasteiger charge is 2.28. The zero-order valence-corrected chi connectivity index (χ0v) is 9.63. The van der Waals surface area contributed by atoms with Crippen LogP contribution in [-0.4, -0.2) is 11.2 Å². The summed E-state index contributed by atoms with van der Waals surface area (Å²) in [5.41, 5.74) is 1.14. The molecule has 0 fully saturated rings. The van der Waals surface area contributed by atoms with E-state index in [1.54, 1.807) is 0 Å². The number of allylic oxidation sites excluding steroid dienone is 4. The Kier molecular flexibility index (Phi) is 3.25. The van der Waals surface area contributed by atoms with Gasteiger partial charge in [-0.25, -0.2) is 0 Å². The van der Waals surface area contributed by atoms with Gasteiger partial charge in [0.25, 0.3) is 0 Å². The summed E-state index contributed by atoms with van der Waals surface area (Å²) in [4.78, 5) is 0. The Balaban J connectivity index is 2.38. The smallest absolute Gasteiger partial charge is 0.0526 e. The molecule has 16 heavy (non-hydrogen) atoms. The summed E-state index contributed by atoms with van der Waals surface area (Å²) in [5.74, 6) is 0. The van der Waals surface area contributed by atoms with Gasteiger partial charge in [-0.1, -0.05) is 54.6 Å². The molecule has 0 saturated heterocycles. The van der Waals surface area contributed by atoms with Crippen LogP contribution < -0.4 is 0 Å². The van der Waals surface area contributed by atoms with Crippen LogP contribution in [0.4, 0.5) is 0 Å². The van der Waals surface area contributed by atoms with E-state index < -0.39 is 0 Å². The van der Waals surface area contributed by atoms with Gasteiger partial charge in [-0.05, 0) is 25.3 Å². The number of benzene rings is 1. The van der Waals surface area contributed by atoms with E-state index in [4.69, 9.17) is 0 Å². The molecular formula is C15H18O. The van der Waals surface area contributed by atoms with Crippen LogP contribution in [0.15, 0.2) is 54.6 Å². The number of hydrogen-bond donors (Lipinski definition) is 1. The van der Waals surface area contributed by atoms with E-state index >= 15 is 0 Å². The monoisotopic (exact) mass is 214 g/mol. The number of aliphatic hydroxyl groups is 1. The highest BCUT2D eigenvalue weighted by molar-refractivity contribution is 5.39. The summed E-state index contributed by atoms with van der Waals surface area (Å²) in [6.07, 6.45) is 10.2. The molecule has 0 aromatic heterocycles. The van der Waals surface area contributed by atoms with Crippen LogP contribution in [0.25, 0.3) is 0 Å². The molecule has 1 aromatic carbocycles. The second-order valence-corrected chi connectivity index (χ2v) is 4.50. The first-order valence-corrected chi connectivity index (χ1v) is 5.82. The van der Waals surface area contributed by atoms with E-state index in [1.165, 1.54) is 5.56 Å². The molecule has 0 radical (unpaired) electrons. The minimum atomic E-state index is -0.299. The summed E-state index contributed by atoms with van der Waals surface area (Å²) < 4.78 is 0. The largest absolute Gasteiger partial charge is 0.393 e. The Morgan fingerprint density at radius 3 is 2.38 bits per heavy atom. The van der Waals surface area contributed by atoms with E-state index in [0.29, 0.717) is 0 Å². The highest BCUT2D eigenvalue weighted by atomic mass is 16.3. The molecular weight excluding hydrogens is 196 g/mol. The first-order valence-electron chi connectivity index (χ1n) is 5.82. The maximum absolute atomic E-state index is 9.66. The van der Waals surface area contributed by atoms with Crippen LogP contribution >= 0.6 is 0 Å². The third-order valence-electron chi connectivity index (χ3n) is 3.05. The number of rotatable bonds is 3. The molecule has 1 unspecified atom stereocenters. The molecule has 1 N–H and O–H groups in total. The summed E-state index contributed by atoms with van der Waals surface area (Å²) in [5, 5.41) is 9.66. The van der Waals surface area contributed by atoms with Crippen LogP contribution in [0.1, 0.15) is 25.3 Å². The molecule has 0 amide bonds. The highest BCUT2D eigenvalue weighted by Crippen LogP contribution is 2.35. The third-order valence-corrected chi connectivity index (χ3v) is 3.05. The maximum Gasteiger partial charge on any atom is 0.0526 e. The molecule has 1 aromatic rings. The molecule has 0 bridgehead atoms. The van der Waals surface area contributed by atoms with Crippen LogP contribution in [0.2, 0.25) is 0 Å². The molecule has 0 heterocycles. The Bertz CT molecular complexity index is 375. The minimum Gasteiger partial charge on any atom is -0.393 e. The third kappa shape index (κ3) is 2.25. The van der Waals surface area contributed by atoms with Crippen molar-refractivity contribution in [2.24, 2.45) is 0 Å². The Hall–Kier alpha value is -1.34. The van der Waals surface area contributed by atoms with Crippen molar-refractivity contribution in [2.75, 3.05) is 0 Å². The van der Waals surface area contributed by atoms with Crippen molar-refractivity contribution < 1.29 is 5.11 Å². The summed E-state index contributed by atoms with van der Waals surface area (Å²) in [6.45, 7) is 1.85. The van der Waals surface area contributed by atoms with Gasteiger partial charge in [0.15, 0.2) is 0 Å². The lowest BCUT2D eigenvalue weighted by molar-refractivity contribution is 0.168. The predicted octanol–water partition coefficient (Wildman–Crippen LogP) is 3.21. The second kappa shape index (κ2) is 4.67. The SMILES string of the molecule is CC(O)CC1(c2ccccc2)C=CCC=C1. The van der Waals surface area contributed by atoms with Crippen LogP contribution in [-0.2, 0) is 5.41 Å². The Morgan fingerprint density at radius 1 is 1.19 bits per heavy atom. The van der Waals surface area contributed by atoms with Crippen LogP contribution in [0.5, 0.6) is 0 Å². The molecule has 84 valence electrons. The van der Waals surface area contributed by atoms with Crippen LogP contribution in [0.3, 0.4) is 0 Å².